The number of imidazole rings is 1. The van der Waals surface area contributed by atoms with E-state index >= 15 is 0 Å². The van der Waals surface area contributed by atoms with E-state index in [0.717, 1.165) is 53.9 Å². The number of likely N-dealkylation sites (tertiary alicyclic amines) is 1. The molecule has 1 aliphatic heterocycles. The van der Waals surface area contributed by atoms with Crippen molar-refractivity contribution in [3.05, 3.63) is 88.1 Å². The number of hydrogen-bond acceptors (Lipinski definition) is 2. The lowest BCUT2D eigenvalue weighted by Crippen LogP contribution is -2.39. The van der Waals surface area contributed by atoms with Crippen LogP contribution >= 0.6 is 23.2 Å². The van der Waals surface area contributed by atoms with Crippen molar-refractivity contribution in [2.75, 3.05) is 13.1 Å². The summed E-state index contributed by atoms with van der Waals surface area (Å²) in [6.45, 7) is 2.06. The quantitative estimate of drug-likeness (QED) is 0.384. The third kappa shape index (κ3) is 3.91. The van der Waals surface area contributed by atoms with Crippen molar-refractivity contribution in [2.45, 2.75) is 25.3 Å². The summed E-state index contributed by atoms with van der Waals surface area (Å²) in [6, 6.07) is 15.6. The smallest absolute Gasteiger partial charge is 0.270 e. The third-order valence-corrected chi connectivity index (χ3v) is 7.02. The van der Waals surface area contributed by atoms with E-state index in [0.29, 0.717) is 22.5 Å². The number of amides is 1. The first kappa shape index (κ1) is 21.1. The zero-order valence-electron chi connectivity index (χ0n) is 17.8. The molecule has 0 bridgehead atoms. The molecule has 32 heavy (non-hydrogen) atoms. The van der Waals surface area contributed by atoms with Crippen molar-refractivity contribution in [2.24, 2.45) is 7.05 Å². The SMILES string of the molecule is Cn1c(C(=O)N2CCC(c3nccn3Cc3cc(Cl)ccc3Cl)CC2)cc2ccccc21. The first-order valence-corrected chi connectivity index (χ1v) is 11.6. The maximum absolute atomic E-state index is 13.2. The number of aryl methyl sites for hydroxylation is 1. The fourth-order valence-electron chi connectivity index (χ4n) is 4.66. The largest absolute Gasteiger partial charge is 0.340 e. The Morgan fingerprint density at radius 3 is 2.66 bits per heavy atom. The molecule has 164 valence electrons. The number of hydrogen-bond donors (Lipinski definition) is 0. The van der Waals surface area contributed by atoms with E-state index in [1.165, 1.54) is 0 Å². The van der Waals surface area contributed by atoms with E-state index in [1.807, 2.05) is 71.4 Å². The van der Waals surface area contributed by atoms with Crippen LogP contribution in [0, 0.1) is 0 Å². The molecule has 0 radical (unpaired) electrons. The molecule has 0 atom stereocenters. The predicted molar refractivity (Wildman–Crippen MR) is 129 cm³/mol. The van der Waals surface area contributed by atoms with E-state index in [9.17, 15) is 4.79 Å². The Labute approximate surface area is 197 Å². The van der Waals surface area contributed by atoms with Crippen molar-refractivity contribution >= 4 is 40.0 Å². The minimum atomic E-state index is 0.0937. The molecular formula is C25H24Cl2N4O. The van der Waals surface area contributed by atoms with Gasteiger partial charge < -0.3 is 14.0 Å². The van der Waals surface area contributed by atoms with Gasteiger partial charge in [0.05, 0.1) is 6.54 Å². The number of piperidine rings is 1. The second-order valence-electron chi connectivity index (χ2n) is 8.36. The van der Waals surface area contributed by atoms with Crippen molar-refractivity contribution in [1.82, 2.24) is 19.0 Å². The van der Waals surface area contributed by atoms with Crippen molar-refractivity contribution < 1.29 is 4.79 Å². The summed E-state index contributed by atoms with van der Waals surface area (Å²) >= 11 is 12.5. The van der Waals surface area contributed by atoms with Gasteiger partial charge in [-0.15, -0.1) is 0 Å². The minimum absolute atomic E-state index is 0.0937. The average Bonchev–Trinajstić information content (AvgIpc) is 3.40. The maximum atomic E-state index is 13.2. The number of para-hydroxylation sites is 1. The molecule has 0 spiro atoms. The minimum Gasteiger partial charge on any atom is -0.340 e. The van der Waals surface area contributed by atoms with E-state index in [1.54, 1.807) is 6.07 Å². The number of aromatic nitrogens is 3. The van der Waals surface area contributed by atoms with E-state index in [4.69, 9.17) is 23.2 Å². The lowest BCUT2D eigenvalue weighted by atomic mass is 9.95. The van der Waals surface area contributed by atoms with Gasteiger partial charge in [0.15, 0.2) is 0 Å². The molecule has 5 nitrogen and oxygen atoms in total. The highest BCUT2D eigenvalue weighted by molar-refractivity contribution is 6.33. The highest BCUT2D eigenvalue weighted by atomic mass is 35.5. The Morgan fingerprint density at radius 1 is 1.09 bits per heavy atom. The van der Waals surface area contributed by atoms with Crippen molar-refractivity contribution in [1.29, 1.82) is 0 Å². The molecule has 1 aliphatic rings. The van der Waals surface area contributed by atoms with Crippen LogP contribution in [0.25, 0.3) is 10.9 Å². The van der Waals surface area contributed by atoms with Gasteiger partial charge in [-0.05, 0) is 48.7 Å². The van der Waals surface area contributed by atoms with Gasteiger partial charge in [0.25, 0.3) is 5.91 Å². The van der Waals surface area contributed by atoms with Crippen LogP contribution in [0.15, 0.2) is 60.9 Å². The molecule has 0 aliphatic carbocycles. The summed E-state index contributed by atoms with van der Waals surface area (Å²) in [5, 5.41) is 2.46. The monoisotopic (exact) mass is 466 g/mol. The van der Waals surface area contributed by atoms with Gasteiger partial charge in [-0.2, -0.15) is 0 Å². The summed E-state index contributed by atoms with van der Waals surface area (Å²) in [6.07, 6.45) is 5.59. The van der Waals surface area contributed by atoms with Crippen LogP contribution in [0.4, 0.5) is 0 Å². The first-order valence-electron chi connectivity index (χ1n) is 10.8. The predicted octanol–water partition coefficient (Wildman–Crippen LogP) is 5.75. The summed E-state index contributed by atoms with van der Waals surface area (Å²) < 4.78 is 4.13. The number of halogens is 2. The number of benzene rings is 2. The highest BCUT2D eigenvalue weighted by Gasteiger charge is 2.28. The van der Waals surface area contributed by atoms with Gasteiger partial charge in [-0.3, -0.25) is 4.79 Å². The van der Waals surface area contributed by atoms with Gasteiger partial charge in [0, 0.05) is 59.4 Å². The normalized spacial score (nSPS) is 14.9. The van der Waals surface area contributed by atoms with E-state index in [2.05, 4.69) is 9.55 Å². The van der Waals surface area contributed by atoms with Crippen LogP contribution in [0.3, 0.4) is 0 Å². The second-order valence-corrected chi connectivity index (χ2v) is 9.21. The van der Waals surface area contributed by atoms with Gasteiger partial charge in [0.1, 0.15) is 11.5 Å². The Bertz CT molecular complexity index is 1280. The second kappa shape index (κ2) is 8.64. The molecule has 1 fully saturated rings. The van der Waals surface area contributed by atoms with Crippen LogP contribution in [0.5, 0.6) is 0 Å². The van der Waals surface area contributed by atoms with Crippen molar-refractivity contribution in [3.8, 4) is 0 Å². The standard InChI is InChI=1S/C25H24Cl2N4O/c1-29-22-5-3-2-4-18(22)15-23(29)25(32)30-11-8-17(9-12-30)24-28-10-13-31(24)16-19-14-20(26)6-7-21(19)27/h2-7,10,13-15,17H,8-9,11-12,16H2,1H3. The van der Waals surface area contributed by atoms with Crippen LogP contribution in [-0.2, 0) is 13.6 Å². The van der Waals surface area contributed by atoms with Gasteiger partial charge in [-0.25, -0.2) is 4.98 Å². The molecule has 3 heterocycles. The number of carbonyl (C=O) groups excluding carboxylic acids is 1. The fraction of sp³-hybridized carbons (Fsp3) is 0.280. The number of rotatable bonds is 4. The van der Waals surface area contributed by atoms with Gasteiger partial charge in [-0.1, -0.05) is 41.4 Å². The lowest BCUT2D eigenvalue weighted by Gasteiger charge is -2.32. The Kier molecular flexibility index (Phi) is 5.70. The molecule has 0 saturated carbocycles. The Morgan fingerprint density at radius 2 is 1.88 bits per heavy atom. The molecule has 0 N–H and O–H groups in total. The number of nitrogens with zero attached hydrogens (tertiary/aromatic N) is 4. The molecular weight excluding hydrogens is 443 g/mol. The van der Waals surface area contributed by atoms with Gasteiger partial charge >= 0.3 is 0 Å². The zero-order chi connectivity index (χ0) is 22.2. The average molecular weight is 467 g/mol. The highest BCUT2D eigenvalue weighted by Crippen LogP contribution is 2.30. The molecule has 1 amide bonds. The molecule has 0 unspecified atom stereocenters. The molecule has 4 aromatic rings. The van der Waals surface area contributed by atoms with Crippen LogP contribution in [0.2, 0.25) is 10.0 Å². The van der Waals surface area contributed by atoms with E-state index < -0.39 is 0 Å². The summed E-state index contributed by atoms with van der Waals surface area (Å²) in [5.41, 5.74) is 2.79. The molecule has 5 rings (SSSR count). The molecule has 7 heteroatoms. The molecule has 2 aromatic heterocycles. The third-order valence-electron chi connectivity index (χ3n) is 6.41. The summed E-state index contributed by atoms with van der Waals surface area (Å²) in [4.78, 5) is 19.8. The van der Waals surface area contributed by atoms with Crippen molar-refractivity contribution in [3.63, 3.8) is 0 Å². The Hall–Kier alpha value is -2.76. The van der Waals surface area contributed by atoms with Crippen LogP contribution < -0.4 is 0 Å². The van der Waals surface area contributed by atoms with Gasteiger partial charge in [0.2, 0.25) is 0 Å². The summed E-state index contributed by atoms with van der Waals surface area (Å²) in [7, 11) is 1.96. The fourth-order valence-corrected chi connectivity index (χ4v) is 5.03. The number of carbonyl (C=O) groups is 1. The Balaban J connectivity index is 1.29. The molecule has 1 saturated heterocycles. The summed E-state index contributed by atoms with van der Waals surface area (Å²) in [5.74, 6) is 1.44. The van der Waals surface area contributed by atoms with Crippen LogP contribution in [-0.4, -0.2) is 38.0 Å². The van der Waals surface area contributed by atoms with Crippen LogP contribution in [0.1, 0.15) is 40.6 Å². The molecule has 2 aromatic carbocycles. The topological polar surface area (TPSA) is 43.1 Å². The zero-order valence-corrected chi connectivity index (χ0v) is 19.4. The number of fused-ring (bicyclic) bond motifs is 1. The first-order chi connectivity index (χ1) is 15.5. The van der Waals surface area contributed by atoms with E-state index in [-0.39, 0.29) is 5.91 Å². The maximum Gasteiger partial charge on any atom is 0.270 e. The lowest BCUT2D eigenvalue weighted by molar-refractivity contribution is 0.0701.